The molecule has 1 aromatic rings. The average molecular weight is 249 g/mol. The van der Waals surface area contributed by atoms with Crippen LogP contribution in [0.3, 0.4) is 0 Å². The molecule has 0 aliphatic heterocycles. The number of ether oxygens (including phenoxy) is 1. The molecule has 0 radical (unpaired) electrons. The minimum atomic E-state index is -4.65. The smallest absolute Gasteiger partial charge is 0.420 e. The van der Waals surface area contributed by atoms with Crippen LogP contribution in [0.25, 0.3) is 0 Å². The van der Waals surface area contributed by atoms with Gasteiger partial charge in [0.15, 0.2) is 11.5 Å². The molecule has 6 heteroatoms. The first-order valence-corrected chi connectivity index (χ1v) is 4.85. The van der Waals surface area contributed by atoms with Gasteiger partial charge in [0, 0.05) is 5.54 Å². The Bertz CT molecular complexity index is 422. The lowest BCUT2D eigenvalue weighted by atomic mass is 9.93. The van der Waals surface area contributed by atoms with Crippen molar-refractivity contribution in [3.05, 3.63) is 23.3 Å². The van der Waals surface area contributed by atoms with Crippen LogP contribution in [0, 0.1) is 0 Å². The topological polar surface area (TPSA) is 55.5 Å². The first-order valence-electron chi connectivity index (χ1n) is 4.85. The van der Waals surface area contributed by atoms with Crippen LogP contribution in [0.5, 0.6) is 11.5 Å². The summed E-state index contributed by atoms with van der Waals surface area (Å²) < 4.78 is 42.7. The standard InChI is InChI=1S/C11H14F3NO2/c1-10(2,15)6-4-7(11(12,13)14)9(16)8(5-6)17-3/h4-5,16H,15H2,1-3H3. The van der Waals surface area contributed by atoms with E-state index in [2.05, 4.69) is 0 Å². The third-order valence-electron chi connectivity index (χ3n) is 2.34. The monoisotopic (exact) mass is 249 g/mol. The molecule has 17 heavy (non-hydrogen) atoms. The molecule has 0 unspecified atom stereocenters. The second-order valence-corrected chi connectivity index (χ2v) is 4.29. The summed E-state index contributed by atoms with van der Waals surface area (Å²) in [4.78, 5) is 0. The van der Waals surface area contributed by atoms with Crippen molar-refractivity contribution in [2.45, 2.75) is 25.6 Å². The zero-order chi connectivity index (χ0) is 13.4. The van der Waals surface area contributed by atoms with Crippen LogP contribution in [-0.4, -0.2) is 12.2 Å². The van der Waals surface area contributed by atoms with Crippen LogP contribution in [-0.2, 0) is 11.7 Å². The van der Waals surface area contributed by atoms with E-state index in [4.69, 9.17) is 10.5 Å². The molecule has 1 rings (SSSR count). The number of phenolic OH excluding ortho intramolecular Hbond substituents is 1. The minimum absolute atomic E-state index is 0.236. The number of rotatable bonds is 2. The highest BCUT2D eigenvalue weighted by molar-refractivity contribution is 5.51. The lowest BCUT2D eigenvalue weighted by molar-refractivity contribution is -0.139. The van der Waals surface area contributed by atoms with Gasteiger partial charge in [-0.25, -0.2) is 0 Å². The van der Waals surface area contributed by atoms with Crippen molar-refractivity contribution in [1.82, 2.24) is 0 Å². The Morgan fingerprint density at radius 2 is 1.76 bits per heavy atom. The summed E-state index contributed by atoms with van der Waals surface area (Å²) in [6.45, 7) is 3.14. The summed E-state index contributed by atoms with van der Waals surface area (Å²) in [6.07, 6.45) is -4.65. The van der Waals surface area contributed by atoms with Crippen molar-refractivity contribution in [2.75, 3.05) is 7.11 Å². The average Bonchev–Trinajstić information content (AvgIpc) is 2.14. The Balaban J connectivity index is 3.50. The normalized spacial score (nSPS) is 12.6. The number of methoxy groups -OCH3 is 1. The quantitative estimate of drug-likeness (QED) is 0.847. The Labute approximate surface area is 97.0 Å². The van der Waals surface area contributed by atoms with Gasteiger partial charge >= 0.3 is 6.18 Å². The number of phenols is 1. The van der Waals surface area contributed by atoms with Crippen LogP contribution in [0.2, 0.25) is 0 Å². The van der Waals surface area contributed by atoms with E-state index >= 15 is 0 Å². The number of hydrogen-bond acceptors (Lipinski definition) is 3. The van der Waals surface area contributed by atoms with Crippen molar-refractivity contribution < 1.29 is 23.0 Å². The summed E-state index contributed by atoms with van der Waals surface area (Å²) in [7, 11) is 1.18. The van der Waals surface area contributed by atoms with Gasteiger partial charge in [-0.2, -0.15) is 13.2 Å². The van der Waals surface area contributed by atoms with Gasteiger partial charge in [0.05, 0.1) is 7.11 Å². The Morgan fingerprint density at radius 1 is 1.24 bits per heavy atom. The zero-order valence-corrected chi connectivity index (χ0v) is 9.72. The van der Waals surface area contributed by atoms with Crippen LogP contribution in [0.15, 0.2) is 12.1 Å². The van der Waals surface area contributed by atoms with Crippen LogP contribution in [0.4, 0.5) is 13.2 Å². The molecule has 3 N–H and O–H groups in total. The maximum absolute atomic E-state index is 12.7. The van der Waals surface area contributed by atoms with Crippen molar-refractivity contribution in [3.63, 3.8) is 0 Å². The maximum atomic E-state index is 12.7. The molecule has 3 nitrogen and oxygen atoms in total. The highest BCUT2D eigenvalue weighted by atomic mass is 19.4. The molecule has 96 valence electrons. The van der Waals surface area contributed by atoms with E-state index in [1.54, 1.807) is 13.8 Å². The maximum Gasteiger partial charge on any atom is 0.420 e. The number of nitrogens with two attached hydrogens (primary N) is 1. The summed E-state index contributed by atoms with van der Waals surface area (Å²) in [6, 6.07) is 2.13. The second-order valence-electron chi connectivity index (χ2n) is 4.29. The van der Waals surface area contributed by atoms with E-state index in [0.29, 0.717) is 0 Å². The van der Waals surface area contributed by atoms with E-state index in [1.807, 2.05) is 0 Å². The van der Waals surface area contributed by atoms with Crippen LogP contribution in [0.1, 0.15) is 25.0 Å². The fourth-order valence-electron chi connectivity index (χ4n) is 1.35. The summed E-state index contributed by atoms with van der Waals surface area (Å²) in [5, 5.41) is 9.43. The van der Waals surface area contributed by atoms with E-state index in [9.17, 15) is 18.3 Å². The minimum Gasteiger partial charge on any atom is -0.504 e. The van der Waals surface area contributed by atoms with E-state index in [-0.39, 0.29) is 11.3 Å². The highest BCUT2D eigenvalue weighted by Crippen LogP contribution is 2.42. The van der Waals surface area contributed by atoms with Gasteiger partial charge in [-0.1, -0.05) is 0 Å². The van der Waals surface area contributed by atoms with Gasteiger partial charge in [-0.15, -0.1) is 0 Å². The summed E-state index contributed by atoms with van der Waals surface area (Å²) >= 11 is 0. The third kappa shape index (κ3) is 2.82. The molecule has 0 saturated carbocycles. The van der Waals surface area contributed by atoms with Crippen molar-refractivity contribution in [3.8, 4) is 11.5 Å². The molecular formula is C11H14F3NO2. The molecule has 0 aromatic heterocycles. The van der Waals surface area contributed by atoms with Crippen LogP contribution >= 0.6 is 0 Å². The fraction of sp³-hybridized carbons (Fsp3) is 0.455. The molecule has 0 amide bonds. The molecular weight excluding hydrogens is 235 g/mol. The van der Waals surface area contributed by atoms with Gasteiger partial charge in [0.1, 0.15) is 5.56 Å². The van der Waals surface area contributed by atoms with Crippen molar-refractivity contribution >= 4 is 0 Å². The molecule has 0 aliphatic carbocycles. The first-order chi connectivity index (χ1) is 7.57. The van der Waals surface area contributed by atoms with E-state index < -0.39 is 23.0 Å². The lowest BCUT2D eigenvalue weighted by Crippen LogP contribution is -2.29. The molecule has 0 fully saturated rings. The van der Waals surface area contributed by atoms with Gasteiger partial charge in [-0.05, 0) is 31.5 Å². The molecule has 0 atom stereocenters. The van der Waals surface area contributed by atoms with E-state index in [0.717, 1.165) is 6.07 Å². The number of halogens is 3. The molecule has 0 saturated heterocycles. The zero-order valence-electron chi connectivity index (χ0n) is 9.72. The third-order valence-corrected chi connectivity index (χ3v) is 2.34. The molecule has 0 bridgehead atoms. The molecule has 0 spiro atoms. The molecule has 1 aromatic carbocycles. The van der Waals surface area contributed by atoms with Crippen molar-refractivity contribution in [1.29, 1.82) is 0 Å². The van der Waals surface area contributed by atoms with Crippen LogP contribution < -0.4 is 10.5 Å². The number of alkyl halides is 3. The molecule has 0 aliphatic rings. The number of aromatic hydroxyl groups is 1. The summed E-state index contributed by atoms with van der Waals surface area (Å²) in [5.74, 6) is -1.17. The molecule has 0 heterocycles. The van der Waals surface area contributed by atoms with Crippen molar-refractivity contribution in [2.24, 2.45) is 5.73 Å². The Morgan fingerprint density at radius 3 is 2.12 bits per heavy atom. The largest absolute Gasteiger partial charge is 0.504 e. The second kappa shape index (κ2) is 4.10. The number of hydrogen-bond donors (Lipinski definition) is 2. The first kappa shape index (κ1) is 13.6. The fourth-order valence-corrected chi connectivity index (χ4v) is 1.35. The predicted octanol–water partition coefficient (Wildman–Crippen LogP) is 2.61. The lowest BCUT2D eigenvalue weighted by Gasteiger charge is -2.22. The van der Waals surface area contributed by atoms with E-state index in [1.165, 1.54) is 13.2 Å². The number of benzene rings is 1. The highest BCUT2D eigenvalue weighted by Gasteiger charge is 2.36. The van der Waals surface area contributed by atoms with Gasteiger partial charge in [0.2, 0.25) is 0 Å². The van der Waals surface area contributed by atoms with Gasteiger partial charge < -0.3 is 15.6 Å². The van der Waals surface area contributed by atoms with Gasteiger partial charge in [-0.3, -0.25) is 0 Å². The Hall–Kier alpha value is -1.43. The SMILES string of the molecule is COc1cc(C(C)(C)N)cc(C(F)(F)F)c1O. The van der Waals surface area contributed by atoms with Gasteiger partial charge in [0.25, 0.3) is 0 Å². The predicted molar refractivity (Wildman–Crippen MR) is 56.9 cm³/mol. The summed E-state index contributed by atoms with van der Waals surface area (Å²) in [5.41, 5.74) is 3.87. The Kier molecular flexibility index (Phi) is 3.29.